The van der Waals surface area contributed by atoms with Gasteiger partial charge in [-0.15, -0.1) is 18.3 Å². The van der Waals surface area contributed by atoms with E-state index in [-0.39, 0.29) is 0 Å². The van der Waals surface area contributed by atoms with Crippen molar-refractivity contribution in [3.8, 4) is 0 Å². The minimum Gasteiger partial charge on any atom is -0.125 e. The third-order valence-corrected chi connectivity index (χ3v) is 9.26. The normalized spacial score (nSPS) is 14.4. The van der Waals surface area contributed by atoms with E-state index < -0.39 is 8.07 Å². The Kier molecular flexibility index (Phi) is 5.49. The highest BCUT2D eigenvalue weighted by Gasteiger charge is 2.33. The molecule has 0 bridgehead atoms. The van der Waals surface area contributed by atoms with Crippen molar-refractivity contribution in [3.63, 3.8) is 0 Å². The highest BCUT2D eigenvalue weighted by Crippen LogP contribution is 2.39. The molecular weight excluding hydrogens is 288 g/mol. The van der Waals surface area contributed by atoms with Gasteiger partial charge in [-0.05, 0) is 17.7 Å². The van der Waals surface area contributed by atoms with Crippen molar-refractivity contribution in [2.75, 3.05) is 0 Å². The van der Waals surface area contributed by atoms with Gasteiger partial charge in [0.1, 0.15) is 0 Å². The summed E-state index contributed by atoms with van der Waals surface area (Å²) in [4.78, 5) is 1.94. The average Bonchev–Trinajstić information content (AvgIpc) is 2.48. The number of benzene rings is 2. The zero-order chi connectivity index (χ0) is 15.3. The lowest BCUT2D eigenvalue weighted by Gasteiger charge is -2.34. The molecule has 110 valence electrons. The van der Waals surface area contributed by atoms with Gasteiger partial charge in [0.05, 0.1) is 8.07 Å². The molecule has 0 spiro atoms. The summed E-state index contributed by atoms with van der Waals surface area (Å²) in [5, 5.41) is 0. The van der Waals surface area contributed by atoms with Crippen LogP contribution in [0.15, 0.2) is 78.2 Å². The minimum atomic E-state index is -1.34. The van der Waals surface area contributed by atoms with Gasteiger partial charge in [-0.2, -0.15) is 0 Å². The molecule has 0 nitrogen and oxygen atoms in total. The van der Waals surface area contributed by atoms with Crippen LogP contribution in [0, 0.1) is 0 Å². The Morgan fingerprint density at radius 3 is 1.90 bits per heavy atom. The van der Waals surface area contributed by atoms with E-state index in [9.17, 15) is 0 Å². The number of hydrogen-bond donors (Lipinski definition) is 0. The minimum absolute atomic E-state index is 0.406. The summed E-state index contributed by atoms with van der Waals surface area (Å²) in [5.41, 5.74) is 1.38. The van der Waals surface area contributed by atoms with Crippen LogP contribution in [0.4, 0.5) is 0 Å². The van der Waals surface area contributed by atoms with Crippen LogP contribution >= 0.6 is 11.8 Å². The first-order valence-corrected chi connectivity index (χ1v) is 11.9. The monoisotopic (exact) mass is 312 g/mol. The maximum atomic E-state index is 4.12. The molecule has 2 aromatic rings. The molecule has 2 unspecified atom stereocenters. The van der Waals surface area contributed by atoms with E-state index in [1.54, 1.807) is 0 Å². The number of thioether (sulfide) groups is 1. The third-order valence-electron chi connectivity index (χ3n) is 3.62. The number of allylic oxidation sites excluding steroid dienone is 1. The largest absolute Gasteiger partial charge is 0.125 e. The van der Waals surface area contributed by atoms with Gasteiger partial charge in [-0.25, -0.2) is 0 Å². The Hall–Kier alpha value is -1.25. The standard InChI is InChI=1S/C19H24SSi/c1-5-18(16-12-8-6-9-13-16)19(21(2,3)4)20-17-14-10-7-11-15-17/h5-15,18-19H,1H2,2-4H3. The SMILES string of the molecule is C=CC(c1ccccc1)C(Sc1ccccc1)[Si](C)(C)C. The second-order valence-corrected chi connectivity index (χ2v) is 13.4. The van der Waals surface area contributed by atoms with Gasteiger partial charge in [-0.1, -0.05) is 74.2 Å². The van der Waals surface area contributed by atoms with Crippen molar-refractivity contribution in [3.05, 3.63) is 78.9 Å². The molecule has 0 aliphatic rings. The molecular formula is C19H24SSi. The first-order valence-electron chi connectivity index (χ1n) is 7.41. The summed E-state index contributed by atoms with van der Waals surface area (Å²) in [6.45, 7) is 11.5. The van der Waals surface area contributed by atoms with Crippen molar-refractivity contribution in [2.24, 2.45) is 0 Å². The first-order chi connectivity index (χ1) is 10.0. The van der Waals surface area contributed by atoms with Crippen LogP contribution < -0.4 is 0 Å². The quantitative estimate of drug-likeness (QED) is 0.358. The molecule has 21 heavy (non-hydrogen) atoms. The maximum absolute atomic E-state index is 4.12. The van der Waals surface area contributed by atoms with Gasteiger partial charge < -0.3 is 0 Å². The molecule has 0 saturated heterocycles. The lowest BCUT2D eigenvalue weighted by atomic mass is 10.0. The van der Waals surface area contributed by atoms with E-state index in [0.29, 0.717) is 10.8 Å². The fraction of sp³-hybridized carbons (Fsp3) is 0.263. The summed E-state index contributed by atoms with van der Waals surface area (Å²) < 4.78 is 0. The van der Waals surface area contributed by atoms with Crippen molar-refractivity contribution in [2.45, 2.75) is 35.3 Å². The Bertz CT molecular complexity index is 557. The third kappa shape index (κ3) is 4.35. The Morgan fingerprint density at radius 2 is 1.43 bits per heavy atom. The van der Waals surface area contributed by atoms with E-state index in [0.717, 1.165) is 0 Å². The molecule has 0 N–H and O–H groups in total. The molecule has 0 heterocycles. The van der Waals surface area contributed by atoms with Gasteiger partial charge in [0.25, 0.3) is 0 Å². The van der Waals surface area contributed by atoms with E-state index in [4.69, 9.17) is 0 Å². The fourth-order valence-electron chi connectivity index (χ4n) is 2.54. The Morgan fingerprint density at radius 1 is 0.905 bits per heavy atom. The molecule has 0 fully saturated rings. The Balaban J connectivity index is 2.33. The fourth-order valence-corrected chi connectivity index (χ4v) is 6.79. The van der Waals surface area contributed by atoms with Gasteiger partial charge in [0.2, 0.25) is 0 Å². The van der Waals surface area contributed by atoms with Gasteiger partial charge >= 0.3 is 0 Å². The molecule has 2 heteroatoms. The van der Waals surface area contributed by atoms with E-state index in [1.807, 2.05) is 11.8 Å². The van der Waals surface area contributed by atoms with Crippen LogP contribution in [-0.2, 0) is 0 Å². The van der Waals surface area contributed by atoms with Crippen LogP contribution in [0.3, 0.4) is 0 Å². The lowest BCUT2D eigenvalue weighted by molar-refractivity contribution is 0.910. The highest BCUT2D eigenvalue weighted by molar-refractivity contribution is 8.01. The zero-order valence-electron chi connectivity index (χ0n) is 13.1. The van der Waals surface area contributed by atoms with Crippen LogP contribution in [0.5, 0.6) is 0 Å². The molecule has 2 aromatic carbocycles. The van der Waals surface area contributed by atoms with Crippen molar-refractivity contribution in [1.29, 1.82) is 0 Å². The first kappa shape index (κ1) is 16.1. The summed E-state index contributed by atoms with van der Waals surface area (Å²) in [7, 11) is -1.34. The van der Waals surface area contributed by atoms with Gasteiger partial charge in [0, 0.05) is 15.7 Å². The lowest BCUT2D eigenvalue weighted by Crippen LogP contribution is -2.39. The maximum Gasteiger partial charge on any atom is 0.0603 e. The van der Waals surface area contributed by atoms with E-state index in [2.05, 4.69) is 93.0 Å². The van der Waals surface area contributed by atoms with Gasteiger partial charge in [0.15, 0.2) is 0 Å². The molecule has 0 amide bonds. The number of rotatable bonds is 6. The molecule has 0 saturated carbocycles. The van der Waals surface area contributed by atoms with E-state index in [1.165, 1.54) is 10.5 Å². The smallest absolute Gasteiger partial charge is 0.0603 e. The average molecular weight is 313 g/mol. The Labute approximate surface area is 134 Å². The second-order valence-electron chi connectivity index (χ2n) is 6.39. The number of hydrogen-bond acceptors (Lipinski definition) is 1. The molecule has 2 rings (SSSR count). The highest BCUT2D eigenvalue weighted by atomic mass is 32.2. The molecule has 0 aliphatic heterocycles. The summed E-state index contributed by atoms with van der Waals surface area (Å²) in [5.74, 6) is 0.406. The van der Waals surface area contributed by atoms with Crippen molar-refractivity contribution in [1.82, 2.24) is 0 Å². The van der Waals surface area contributed by atoms with Crippen LogP contribution in [0.1, 0.15) is 11.5 Å². The topological polar surface area (TPSA) is 0 Å². The predicted octanol–water partition coefficient (Wildman–Crippen LogP) is 5.99. The van der Waals surface area contributed by atoms with Crippen molar-refractivity contribution < 1.29 is 0 Å². The summed E-state index contributed by atoms with van der Waals surface area (Å²) in [6.07, 6.45) is 2.13. The van der Waals surface area contributed by atoms with E-state index >= 15 is 0 Å². The molecule has 0 radical (unpaired) electrons. The summed E-state index contributed by atoms with van der Waals surface area (Å²) in [6, 6.07) is 21.5. The predicted molar refractivity (Wildman–Crippen MR) is 98.8 cm³/mol. The van der Waals surface area contributed by atoms with Crippen LogP contribution in [0.25, 0.3) is 0 Å². The van der Waals surface area contributed by atoms with Gasteiger partial charge in [-0.3, -0.25) is 0 Å². The van der Waals surface area contributed by atoms with Crippen LogP contribution in [-0.4, -0.2) is 12.9 Å². The second kappa shape index (κ2) is 7.14. The van der Waals surface area contributed by atoms with Crippen LogP contribution in [0.2, 0.25) is 19.6 Å². The molecule has 0 aliphatic carbocycles. The zero-order valence-corrected chi connectivity index (χ0v) is 14.9. The summed E-state index contributed by atoms with van der Waals surface area (Å²) >= 11 is 2.01. The molecule has 0 aromatic heterocycles. The molecule has 2 atom stereocenters. The van der Waals surface area contributed by atoms with Crippen molar-refractivity contribution >= 4 is 19.8 Å².